The molecule has 0 aromatic rings. The predicted molar refractivity (Wildman–Crippen MR) is 77.1 cm³/mol. The molecule has 1 spiro atoms. The van der Waals surface area contributed by atoms with Gasteiger partial charge in [0.1, 0.15) is 0 Å². The highest BCUT2D eigenvalue weighted by Crippen LogP contribution is 2.57. The number of ether oxygens (including phenoxy) is 1. The summed E-state index contributed by atoms with van der Waals surface area (Å²) in [5.74, 6) is 1.44. The van der Waals surface area contributed by atoms with Crippen LogP contribution in [0.5, 0.6) is 0 Å². The fourth-order valence-corrected chi connectivity index (χ4v) is 3.77. The van der Waals surface area contributed by atoms with Crippen molar-refractivity contribution in [1.82, 2.24) is 5.32 Å². The van der Waals surface area contributed by atoms with Crippen LogP contribution in [-0.2, 0) is 4.74 Å². The zero-order chi connectivity index (χ0) is 13.3. The fourth-order valence-electron chi connectivity index (χ4n) is 3.77. The first kappa shape index (κ1) is 13.2. The van der Waals surface area contributed by atoms with E-state index in [0.717, 1.165) is 25.5 Å². The number of nitrogens with two attached hydrogens (primary N) is 1. The van der Waals surface area contributed by atoms with Gasteiger partial charge >= 0.3 is 0 Å². The van der Waals surface area contributed by atoms with Crippen LogP contribution in [0.3, 0.4) is 0 Å². The molecule has 0 radical (unpaired) electrons. The van der Waals surface area contributed by atoms with E-state index in [1.807, 2.05) is 0 Å². The van der Waals surface area contributed by atoms with Gasteiger partial charge in [0.2, 0.25) is 0 Å². The third kappa shape index (κ3) is 2.35. The molecule has 3 saturated carbocycles. The fraction of sp³-hybridized carbons (Fsp3) is 0.933. The Morgan fingerprint density at radius 3 is 2.68 bits per heavy atom. The van der Waals surface area contributed by atoms with Gasteiger partial charge < -0.3 is 15.8 Å². The largest absolute Gasteiger partial charge is 0.378 e. The van der Waals surface area contributed by atoms with Crippen LogP contribution in [0, 0.1) is 11.3 Å². The van der Waals surface area contributed by atoms with Crippen molar-refractivity contribution < 1.29 is 4.74 Å². The molecule has 0 bridgehead atoms. The SMILES string of the molecule is CCOC1CC(NC(N)=NCC2CCC2)C12CCC2. The van der Waals surface area contributed by atoms with Crippen molar-refractivity contribution in [2.75, 3.05) is 13.2 Å². The van der Waals surface area contributed by atoms with Crippen LogP contribution < -0.4 is 11.1 Å². The lowest BCUT2D eigenvalue weighted by Gasteiger charge is -2.61. The minimum atomic E-state index is 0.368. The molecule has 0 saturated heterocycles. The van der Waals surface area contributed by atoms with E-state index >= 15 is 0 Å². The lowest BCUT2D eigenvalue weighted by atomic mass is 9.51. The van der Waals surface area contributed by atoms with Gasteiger partial charge in [0.15, 0.2) is 5.96 Å². The number of hydrogen-bond donors (Lipinski definition) is 2. The van der Waals surface area contributed by atoms with E-state index in [9.17, 15) is 0 Å². The second-order valence-corrected chi connectivity index (χ2v) is 6.49. The summed E-state index contributed by atoms with van der Waals surface area (Å²) < 4.78 is 5.85. The highest BCUT2D eigenvalue weighted by Gasteiger charge is 2.59. The van der Waals surface area contributed by atoms with E-state index in [1.54, 1.807) is 0 Å². The van der Waals surface area contributed by atoms with Crippen molar-refractivity contribution in [3.63, 3.8) is 0 Å². The van der Waals surface area contributed by atoms with Crippen LogP contribution in [0.4, 0.5) is 0 Å². The third-order valence-corrected chi connectivity index (χ3v) is 5.50. The number of guanidine groups is 1. The Labute approximate surface area is 116 Å². The molecule has 2 unspecified atom stereocenters. The van der Waals surface area contributed by atoms with Crippen molar-refractivity contribution in [3.05, 3.63) is 0 Å². The Hall–Kier alpha value is -0.770. The maximum atomic E-state index is 6.03. The molecule has 0 aromatic heterocycles. The van der Waals surface area contributed by atoms with Crippen LogP contribution in [0.1, 0.15) is 51.9 Å². The Morgan fingerprint density at radius 2 is 2.16 bits per heavy atom. The summed E-state index contributed by atoms with van der Waals surface area (Å²) in [7, 11) is 0. The molecular formula is C15H27N3O. The van der Waals surface area contributed by atoms with E-state index in [4.69, 9.17) is 10.5 Å². The quantitative estimate of drug-likeness (QED) is 0.591. The molecule has 2 atom stereocenters. The topological polar surface area (TPSA) is 59.6 Å². The summed E-state index contributed by atoms with van der Waals surface area (Å²) in [4.78, 5) is 4.51. The normalized spacial score (nSPS) is 33.4. The van der Waals surface area contributed by atoms with Gasteiger partial charge in [-0.25, -0.2) is 0 Å². The summed E-state index contributed by atoms with van der Waals surface area (Å²) in [5.41, 5.74) is 6.40. The van der Waals surface area contributed by atoms with Crippen LogP contribution in [-0.4, -0.2) is 31.3 Å². The van der Waals surface area contributed by atoms with Gasteiger partial charge in [0.05, 0.1) is 6.10 Å². The van der Waals surface area contributed by atoms with Gasteiger partial charge in [0, 0.05) is 24.6 Å². The zero-order valence-corrected chi connectivity index (χ0v) is 12.0. The summed E-state index contributed by atoms with van der Waals surface area (Å²) in [6, 6.07) is 0.489. The lowest BCUT2D eigenvalue weighted by molar-refractivity contribution is -0.168. The Balaban J connectivity index is 1.49. The first-order valence-electron chi connectivity index (χ1n) is 7.92. The minimum Gasteiger partial charge on any atom is -0.378 e. The summed E-state index contributed by atoms with van der Waals surface area (Å²) >= 11 is 0. The average Bonchev–Trinajstić information content (AvgIpc) is 2.23. The van der Waals surface area contributed by atoms with Gasteiger partial charge in [-0.1, -0.05) is 12.8 Å². The van der Waals surface area contributed by atoms with E-state index in [-0.39, 0.29) is 0 Å². The first-order chi connectivity index (χ1) is 9.24. The summed E-state index contributed by atoms with van der Waals surface area (Å²) in [6.07, 6.45) is 9.47. The standard InChI is InChI=1S/C15H27N3O/c1-2-19-13-9-12(15(13)7-4-8-15)18-14(16)17-10-11-5-3-6-11/h11-13H,2-10H2,1H3,(H3,16,17,18). The van der Waals surface area contributed by atoms with Crippen LogP contribution in [0.25, 0.3) is 0 Å². The van der Waals surface area contributed by atoms with Gasteiger partial charge in [-0.15, -0.1) is 0 Å². The summed E-state index contributed by atoms with van der Waals surface area (Å²) in [6.45, 7) is 3.82. The maximum Gasteiger partial charge on any atom is 0.188 e. The summed E-state index contributed by atoms with van der Waals surface area (Å²) in [5, 5.41) is 3.45. The molecule has 3 N–H and O–H groups in total. The molecule has 0 aromatic carbocycles. The van der Waals surface area contributed by atoms with E-state index < -0.39 is 0 Å². The first-order valence-corrected chi connectivity index (χ1v) is 7.92. The van der Waals surface area contributed by atoms with Gasteiger partial charge in [0.25, 0.3) is 0 Å². The smallest absolute Gasteiger partial charge is 0.188 e. The number of nitrogens with one attached hydrogen (secondary N) is 1. The van der Waals surface area contributed by atoms with Crippen molar-refractivity contribution in [1.29, 1.82) is 0 Å². The Morgan fingerprint density at radius 1 is 1.37 bits per heavy atom. The third-order valence-electron chi connectivity index (χ3n) is 5.50. The predicted octanol–water partition coefficient (Wildman–Crippen LogP) is 2.04. The van der Waals surface area contributed by atoms with E-state index in [2.05, 4.69) is 17.2 Å². The van der Waals surface area contributed by atoms with Crippen LogP contribution in [0.2, 0.25) is 0 Å². The molecule has 3 fully saturated rings. The monoisotopic (exact) mass is 265 g/mol. The second-order valence-electron chi connectivity index (χ2n) is 6.49. The average molecular weight is 265 g/mol. The lowest BCUT2D eigenvalue weighted by Crippen LogP contribution is -2.68. The minimum absolute atomic E-state index is 0.368. The number of rotatable bonds is 5. The van der Waals surface area contributed by atoms with E-state index in [0.29, 0.717) is 23.5 Å². The molecule has 3 rings (SSSR count). The highest BCUT2D eigenvalue weighted by atomic mass is 16.5. The highest BCUT2D eigenvalue weighted by molar-refractivity contribution is 5.78. The molecule has 3 aliphatic rings. The molecule has 0 heterocycles. The molecule has 19 heavy (non-hydrogen) atoms. The van der Waals surface area contributed by atoms with Crippen molar-refractivity contribution in [2.45, 2.75) is 64.0 Å². The Bertz CT molecular complexity index is 347. The number of aliphatic imine (C=N–C) groups is 1. The van der Waals surface area contributed by atoms with E-state index in [1.165, 1.54) is 38.5 Å². The van der Waals surface area contributed by atoms with Gasteiger partial charge in [-0.05, 0) is 44.9 Å². The van der Waals surface area contributed by atoms with Crippen LogP contribution >= 0.6 is 0 Å². The second kappa shape index (κ2) is 5.31. The maximum absolute atomic E-state index is 6.03. The van der Waals surface area contributed by atoms with Gasteiger partial charge in [-0.3, -0.25) is 4.99 Å². The Kier molecular flexibility index (Phi) is 3.70. The molecule has 4 nitrogen and oxygen atoms in total. The van der Waals surface area contributed by atoms with Crippen molar-refractivity contribution in [2.24, 2.45) is 22.1 Å². The van der Waals surface area contributed by atoms with Crippen LogP contribution in [0.15, 0.2) is 4.99 Å². The molecule has 0 amide bonds. The van der Waals surface area contributed by atoms with Crippen molar-refractivity contribution >= 4 is 5.96 Å². The molecule has 0 aliphatic heterocycles. The number of hydrogen-bond acceptors (Lipinski definition) is 2. The van der Waals surface area contributed by atoms with Gasteiger partial charge in [-0.2, -0.15) is 0 Å². The van der Waals surface area contributed by atoms with Crippen molar-refractivity contribution in [3.8, 4) is 0 Å². The zero-order valence-electron chi connectivity index (χ0n) is 12.0. The number of nitrogens with zero attached hydrogens (tertiary/aromatic N) is 1. The molecule has 3 aliphatic carbocycles. The molecular weight excluding hydrogens is 238 g/mol. The molecule has 4 heteroatoms. The molecule has 108 valence electrons.